The summed E-state index contributed by atoms with van der Waals surface area (Å²) in [6.45, 7) is 3.92. The zero-order chi connectivity index (χ0) is 22.9. The summed E-state index contributed by atoms with van der Waals surface area (Å²) < 4.78 is 32.0. The highest BCUT2D eigenvalue weighted by atomic mass is 32.2. The van der Waals surface area contributed by atoms with E-state index in [0.717, 1.165) is 5.56 Å². The van der Waals surface area contributed by atoms with E-state index in [4.69, 9.17) is 10.5 Å². The summed E-state index contributed by atoms with van der Waals surface area (Å²) in [5, 5.41) is 2.72. The number of nitrogens with zero attached hydrogens (tertiary/aromatic N) is 1. The molecule has 0 saturated carbocycles. The van der Waals surface area contributed by atoms with Crippen molar-refractivity contribution >= 4 is 27.9 Å². The highest BCUT2D eigenvalue weighted by molar-refractivity contribution is 7.90. The van der Waals surface area contributed by atoms with Gasteiger partial charge in [0.15, 0.2) is 6.04 Å². The van der Waals surface area contributed by atoms with Crippen molar-refractivity contribution in [3.05, 3.63) is 53.9 Å². The number of hydrogen-bond acceptors (Lipinski definition) is 6. The van der Waals surface area contributed by atoms with E-state index in [9.17, 15) is 18.0 Å². The molecule has 0 spiro atoms. The fourth-order valence-electron chi connectivity index (χ4n) is 2.65. The highest BCUT2D eigenvalue weighted by Gasteiger charge is 2.21. The standard InChI is InChI=1S/C20H27N5O5S/c1-3-30-19(27)17(7-5-13-23-18(26)16-6-4-12-22-16)24-20(21)25-31(28,29)15-10-8-14(2)9-11-15/h4,6,8-12,17,22H,3,5,7,13H2,1-2H3,(H,23,26)(H3,21,24,25). The van der Waals surface area contributed by atoms with Crippen LogP contribution in [-0.4, -0.2) is 50.4 Å². The number of carbonyl (C=O) groups excluding carboxylic acids is 2. The van der Waals surface area contributed by atoms with E-state index in [2.05, 4.69) is 20.0 Å². The first-order chi connectivity index (χ1) is 14.7. The zero-order valence-corrected chi connectivity index (χ0v) is 18.2. The summed E-state index contributed by atoms with van der Waals surface area (Å²) in [5.41, 5.74) is 7.09. The van der Waals surface area contributed by atoms with Crippen LogP contribution >= 0.6 is 0 Å². The van der Waals surface area contributed by atoms with E-state index < -0.39 is 28.0 Å². The second-order valence-electron chi connectivity index (χ2n) is 6.68. The third-order valence-corrected chi connectivity index (χ3v) is 5.58. The molecule has 0 saturated heterocycles. The summed E-state index contributed by atoms with van der Waals surface area (Å²) >= 11 is 0. The number of guanidine groups is 1. The van der Waals surface area contributed by atoms with Crippen LogP contribution in [0.5, 0.6) is 0 Å². The second kappa shape index (κ2) is 11.2. The summed E-state index contributed by atoms with van der Waals surface area (Å²) in [4.78, 5) is 31.0. The number of sulfonamides is 1. The minimum Gasteiger partial charge on any atom is -0.464 e. The van der Waals surface area contributed by atoms with Crippen molar-refractivity contribution < 1.29 is 22.7 Å². The van der Waals surface area contributed by atoms with Crippen LogP contribution in [0.15, 0.2) is 52.5 Å². The van der Waals surface area contributed by atoms with Crippen molar-refractivity contribution in [3.63, 3.8) is 0 Å². The molecule has 0 aliphatic carbocycles. The molecule has 0 radical (unpaired) electrons. The van der Waals surface area contributed by atoms with Crippen molar-refractivity contribution in [1.82, 2.24) is 15.0 Å². The van der Waals surface area contributed by atoms with E-state index in [1.165, 1.54) is 12.1 Å². The number of aliphatic imine (C=N–C) groups is 1. The van der Waals surface area contributed by atoms with E-state index in [-0.39, 0.29) is 30.4 Å². The number of ether oxygens (including phenoxy) is 1. The normalized spacial score (nSPS) is 12.8. The van der Waals surface area contributed by atoms with Gasteiger partial charge in [0.25, 0.3) is 15.9 Å². The molecule has 10 nitrogen and oxygen atoms in total. The van der Waals surface area contributed by atoms with Gasteiger partial charge in [0.05, 0.1) is 11.5 Å². The predicted molar refractivity (Wildman–Crippen MR) is 116 cm³/mol. The largest absolute Gasteiger partial charge is 0.464 e. The number of H-pyrrole nitrogens is 1. The van der Waals surface area contributed by atoms with Crippen LogP contribution in [0.25, 0.3) is 0 Å². The van der Waals surface area contributed by atoms with Crippen molar-refractivity contribution in [2.45, 2.75) is 37.6 Å². The molecule has 2 rings (SSSR count). The quantitative estimate of drug-likeness (QED) is 0.184. The molecule has 5 N–H and O–H groups in total. The fraction of sp³-hybridized carbons (Fsp3) is 0.350. The van der Waals surface area contributed by atoms with Gasteiger partial charge in [-0.3, -0.25) is 4.79 Å². The van der Waals surface area contributed by atoms with Gasteiger partial charge in [-0.2, -0.15) is 0 Å². The number of hydrogen-bond donors (Lipinski definition) is 4. The van der Waals surface area contributed by atoms with Gasteiger partial charge in [0, 0.05) is 12.7 Å². The number of aromatic nitrogens is 1. The number of aromatic amines is 1. The number of amides is 1. The van der Waals surface area contributed by atoms with Crippen LogP contribution in [0.2, 0.25) is 0 Å². The smallest absolute Gasteiger partial charge is 0.330 e. The van der Waals surface area contributed by atoms with Crippen molar-refractivity contribution in [2.75, 3.05) is 13.2 Å². The number of esters is 1. The summed E-state index contributed by atoms with van der Waals surface area (Å²) in [7, 11) is -3.94. The molecule has 0 aliphatic rings. The Bertz CT molecular complexity index is 1000. The third kappa shape index (κ3) is 7.45. The third-order valence-electron chi connectivity index (χ3n) is 4.21. The predicted octanol–water partition coefficient (Wildman–Crippen LogP) is 1.06. The monoisotopic (exact) mass is 449 g/mol. The van der Waals surface area contributed by atoms with Crippen LogP contribution in [0, 0.1) is 6.92 Å². The van der Waals surface area contributed by atoms with Gasteiger partial charge in [-0.15, -0.1) is 0 Å². The van der Waals surface area contributed by atoms with Crippen LogP contribution in [0.4, 0.5) is 0 Å². The Labute approximate surface area is 181 Å². The molecule has 168 valence electrons. The van der Waals surface area contributed by atoms with Gasteiger partial charge >= 0.3 is 5.97 Å². The maximum absolute atomic E-state index is 12.4. The van der Waals surface area contributed by atoms with Crippen LogP contribution in [0.1, 0.15) is 35.8 Å². The Kier molecular flexibility index (Phi) is 8.62. The number of rotatable bonds is 10. The first-order valence-corrected chi connectivity index (χ1v) is 11.2. The van der Waals surface area contributed by atoms with Crippen LogP contribution in [-0.2, 0) is 19.6 Å². The SMILES string of the molecule is CCOC(=O)C(CCCNC(=O)c1ccc[nH]1)N=C(N)NS(=O)(=O)c1ccc(C)cc1. The van der Waals surface area contributed by atoms with Gasteiger partial charge < -0.3 is 20.8 Å². The molecule has 1 amide bonds. The first-order valence-electron chi connectivity index (χ1n) is 9.74. The van der Waals surface area contributed by atoms with Gasteiger partial charge in [-0.1, -0.05) is 17.7 Å². The molecule has 0 aliphatic heterocycles. The number of aryl methyl sites for hydroxylation is 1. The molecule has 1 heterocycles. The Morgan fingerprint density at radius 1 is 1.23 bits per heavy atom. The summed E-state index contributed by atoms with van der Waals surface area (Å²) in [6.07, 6.45) is 2.25. The van der Waals surface area contributed by atoms with E-state index in [1.54, 1.807) is 37.4 Å². The van der Waals surface area contributed by atoms with Gasteiger partial charge in [-0.05, 0) is 51.0 Å². The number of benzene rings is 1. The highest BCUT2D eigenvalue weighted by Crippen LogP contribution is 2.10. The number of carbonyl (C=O) groups is 2. The van der Waals surface area contributed by atoms with Gasteiger partial charge in [-0.25, -0.2) is 22.9 Å². The van der Waals surface area contributed by atoms with Crippen molar-refractivity contribution in [2.24, 2.45) is 10.7 Å². The topological polar surface area (TPSA) is 156 Å². The van der Waals surface area contributed by atoms with Crippen molar-refractivity contribution in [3.8, 4) is 0 Å². The van der Waals surface area contributed by atoms with E-state index in [0.29, 0.717) is 12.1 Å². The van der Waals surface area contributed by atoms with Gasteiger partial charge in [0.1, 0.15) is 5.69 Å². The second-order valence-corrected chi connectivity index (χ2v) is 8.37. The van der Waals surface area contributed by atoms with Crippen LogP contribution in [0.3, 0.4) is 0 Å². The molecule has 31 heavy (non-hydrogen) atoms. The average molecular weight is 450 g/mol. The lowest BCUT2D eigenvalue weighted by Crippen LogP contribution is -2.39. The minimum absolute atomic E-state index is 0.0240. The van der Waals surface area contributed by atoms with Crippen molar-refractivity contribution in [1.29, 1.82) is 0 Å². The molecule has 1 unspecified atom stereocenters. The molecule has 1 aromatic heterocycles. The number of nitrogens with two attached hydrogens (primary N) is 1. The molecule has 1 aromatic carbocycles. The van der Waals surface area contributed by atoms with E-state index in [1.807, 2.05) is 6.92 Å². The molecule has 11 heteroatoms. The fourth-order valence-corrected chi connectivity index (χ4v) is 3.59. The molecule has 0 fully saturated rings. The zero-order valence-electron chi connectivity index (χ0n) is 17.4. The Hall–Kier alpha value is -3.34. The lowest BCUT2D eigenvalue weighted by molar-refractivity contribution is -0.144. The average Bonchev–Trinajstić information content (AvgIpc) is 3.25. The molecule has 2 aromatic rings. The molecule has 0 bridgehead atoms. The lowest BCUT2D eigenvalue weighted by Gasteiger charge is -2.14. The Morgan fingerprint density at radius 2 is 1.94 bits per heavy atom. The van der Waals surface area contributed by atoms with E-state index >= 15 is 0 Å². The summed E-state index contributed by atoms with van der Waals surface area (Å²) in [5.74, 6) is -1.32. The lowest BCUT2D eigenvalue weighted by atomic mass is 10.1. The molecular weight excluding hydrogens is 422 g/mol. The Balaban J connectivity index is 1.99. The Morgan fingerprint density at radius 3 is 2.55 bits per heavy atom. The minimum atomic E-state index is -3.94. The van der Waals surface area contributed by atoms with Crippen LogP contribution < -0.4 is 15.8 Å². The summed E-state index contributed by atoms with van der Waals surface area (Å²) in [6, 6.07) is 8.54. The maximum Gasteiger partial charge on any atom is 0.330 e. The molecule has 1 atom stereocenters. The number of nitrogens with one attached hydrogen (secondary N) is 3. The maximum atomic E-state index is 12.4. The first kappa shape index (κ1) is 23.9. The van der Waals surface area contributed by atoms with Gasteiger partial charge in [0.2, 0.25) is 5.96 Å². The molecular formula is C20H27N5O5S.